The Balaban J connectivity index is 1.43. The first-order valence-corrected chi connectivity index (χ1v) is 11.6. The average molecular weight is 467 g/mol. The van der Waals surface area contributed by atoms with Crippen molar-refractivity contribution in [2.45, 2.75) is 21.4 Å². The fourth-order valence-corrected chi connectivity index (χ4v) is 5.00. The van der Waals surface area contributed by atoms with Crippen LogP contribution >= 0.6 is 46.5 Å². The number of carbonyl (C=O) groups is 1. The molecular weight excluding hydrogens is 451 g/mol. The van der Waals surface area contributed by atoms with E-state index in [4.69, 9.17) is 11.6 Å². The maximum Gasteiger partial charge on any atom is 0.250 e. The molecule has 0 aliphatic carbocycles. The topological polar surface area (TPSA) is 67.2 Å². The number of hydrogen-bond donors (Lipinski definition) is 1. The van der Waals surface area contributed by atoms with Gasteiger partial charge >= 0.3 is 0 Å². The van der Waals surface area contributed by atoms with Gasteiger partial charge in [0.1, 0.15) is 5.82 Å². The van der Waals surface area contributed by atoms with Crippen molar-refractivity contribution in [3.05, 3.63) is 70.5 Å². The molecule has 0 aliphatic heterocycles. The van der Waals surface area contributed by atoms with Crippen LogP contribution < -0.4 is 5.43 Å². The lowest BCUT2D eigenvalue weighted by molar-refractivity contribution is -0.118. The molecule has 0 atom stereocenters. The van der Waals surface area contributed by atoms with Crippen LogP contribution in [-0.4, -0.2) is 27.6 Å². The summed E-state index contributed by atoms with van der Waals surface area (Å²) in [6.45, 7) is 1.75. The van der Waals surface area contributed by atoms with Crippen LogP contribution in [0.3, 0.4) is 0 Å². The molecule has 5 nitrogen and oxygen atoms in total. The second kappa shape index (κ2) is 10.7. The molecule has 0 saturated heterocycles. The first-order valence-electron chi connectivity index (χ1n) is 8.42. The van der Waals surface area contributed by atoms with Gasteiger partial charge in [0.05, 0.1) is 11.5 Å². The Morgan fingerprint density at radius 3 is 2.45 bits per heavy atom. The normalized spacial score (nSPS) is 11.5. The van der Waals surface area contributed by atoms with E-state index in [1.807, 2.05) is 24.3 Å². The van der Waals surface area contributed by atoms with E-state index < -0.39 is 0 Å². The quantitative estimate of drug-likeness (QED) is 0.279. The van der Waals surface area contributed by atoms with E-state index in [9.17, 15) is 9.18 Å². The van der Waals surface area contributed by atoms with Crippen molar-refractivity contribution in [2.75, 3.05) is 5.75 Å². The van der Waals surface area contributed by atoms with Crippen molar-refractivity contribution in [3.8, 4) is 0 Å². The largest absolute Gasteiger partial charge is 0.272 e. The van der Waals surface area contributed by atoms with E-state index in [-0.39, 0.29) is 17.5 Å². The third-order valence-corrected chi connectivity index (χ3v) is 7.11. The summed E-state index contributed by atoms with van der Waals surface area (Å²) in [5.41, 5.74) is 4.99. The standard InChI is InChI=1S/C19H16ClFN4OS3/c1-12(14-4-8-16(21)9-5-14)22-23-17(26)11-28-19-25-24-18(29-19)27-10-13-2-6-15(20)7-3-13/h2-9H,10-11H2,1H3,(H,23,26)/b22-12-. The molecule has 0 unspecified atom stereocenters. The zero-order valence-corrected chi connectivity index (χ0v) is 18.5. The minimum Gasteiger partial charge on any atom is -0.272 e. The molecule has 1 amide bonds. The summed E-state index contributed by atoms with van der Waals surface area (Å²) in [6, 6.07) is 13.6. The zero-order chi connectivity index (χ0) is 20.6. The third kappa shape index (κ3) is 7.11. The molecule has 0 radical (unpaired) electrons. The Bertz CT molecular complexity index is 993. The second-order valence-electron chi connectivity index (χ2n) is 5.78. The summed E-state index contributed by atoms with van der Waals surface area (Å²) >= 11 is 10.2. The average Bonchev–Trinajstić information content (AvgIpc) is 3.18. The molecule has 1 aromatic heterocycles. The highest BCUT2D eigenvalue weighted by Crippen LogP contribution is 2.30. The maximum atomic E-state index is 12.9. The number of rotatable bonds is 8. The van der Waals surface area contributed by atoms with Gasteiger partial charge in [0.25, 0.3) is 5.91 Å². The van der Waals surface area contributed by atoms with Crippen molar-refractivity contribution < 1.29 is 9.18 Å². The Morgan fingerprint density at radius 2 is 1.76 bits per heavy atom. The van der Waals surface area contributed by atoms with Gasteiger partial charge in [0.2, 0.25) is 0 Å². The fraction of sp³-hybridized carbons (Fsp3) is 0.158. The van der Waals surface area contributed by atoms with Crippen molar-refractivity contribution in [1.82, 2.24) is 15.6 Å². The number of hydrogen-bond acceptors (Lipinski definition) is 7. The van der Waals surface area contributed by atoms with Crippen LogP contribution in [0.25, 0.3) is 0 Å². The first kappa shape index (κ1) is 21.8. The number of aromatic nitrogens is 2. The van der Waals surface area contributed by atoms with Gasteiger partial charge in [0, 0.05) is 10.8 Å². The predicted octanol–water partition coefficient (Wildman–Crippen LogP) is 5.26. The lowest BCUT2D eigenvalue weighted by Crippen LogP contribution is -2.21. The van der Waals surface area contributed by atoms with Crippen molar-refractivity contribution in [2.24, 2.45) is 5.10 Å². The number of hydrazone groups is 1. The number of thioether (sulfide) groups is 2. The number of carbonyl (C=O) groups excluding carboxylic acids is 1. The van der Waals surface area contributed by atoms with Gasteiger partial charge in [-0.2, -0.15) is 5.10 Å². The van der Waals surface area contributed by atoms with E-state index in [2.05, 4.69) is 20.7 Å². The Labute approximate surface area is 185 Å². The number of halogens is 2. The molecule has 1 N–H and O–H groups in total. The van der Waals surface area contributed by atoms with Gasteiger partial charge < -0.3 is 0 Å². The monoisotopic (exact) mass is 466 g/mol. The fourth-order valence-electron chi connectivity index (χ4n) is 2.10. The summed E-state index contributed by atoms with van der Waals surface area (Å²) in [4.78, 5) is 12.0. The molecule has 0 fully saturated rings. The molecule has 1 heterocycles. The van der Waals surface area contributed by atoms with E-state index in [0.717, 1.165) is 25.6 Å². The second-order valence-corrected chi connectivity index (χ2v) is 9.64. The third-order valence-electron chi connectivity index (χ3n) is 3.60. The van der Waals surface area contributed by atoms with Crippen LogP contribution in [0.15, 0.2) is 62.3 Å². The summed E-state index contributed by atoms with van der Waals surface area (Å²) in [7, 11) is 0. The minimum atomic E-state index is -0.315. The molecule has 0 spiro atoms. The lowest BCUT2D eigenvalue weighted by atomic mass is 10.1. The maximum absolute atomic E-state index is 12.9. The number of nitrogens with one attached hydrogen (secondary N) is 1. The van der Waals surface area contributed by atoms with Crippen LogP contribution in [0.4, 0.5) is 4.39 Å². The van der Waals surface area contributed by atoms with E-state index in [0.29, 0.717) is 10.7 Å². The SMILES string of the molecule is C/C(=N/NC(=O)CSc1nnc(SCc2ccc(Cl)cc2)s1)c1ccc(F)cc1. The van der Waals surface area contributed by atoms with Crippen LogP contribution in [0.2, 0.25) is 5.02 Å². The Morgan fingerprint density at radius 1 is 1.10 bits per heavy atom. The van der Waals surface area contributed by atoms with Gasteiger partial charge in [-0.25, -0.2) is 9.82 Å². The number of benzene rings is 2. The molecule has 3 rings (SSSR count). The highest BCUT2D eigenvalue weighted by molar-refractivity contribution is 8.03. The predicted molar refractivity (Wildman–Crippen MR) is 118 cm³/mol. The number of amides is 1. The smallest absolute Gasteiger partial charge is 0.250 e. The van der Waals surface area contributed by atoms with Crippen molar-refractivity contribution in [3.63, 3.8) is 0 Å². The Hall–Kier alpha value is -1.94. The van der Waals surface area contributed by atoms with Gasteiger partial charge in [0.15, 0.2) is 8.68 Å². The van der Waals surface area contributed by atoms with Crippen LogP contribution in [0.5, 0.6) is 0 Å². The summed E-state index contributed by atoms with van der Waals surface area (Å²) in [6.07, 6.45) is 0. The van der Waals surface area contributed by atoms with E-state index in [1.165, 1.54) is 35.2 Å². The highest BCUT2D eigenvalue weighted by atomic mass is 35.5. The molecular formula is C19H16ClFN4OS3. The van der Waals surface area contributed by atoms with Crippen LogP contribution in [-0.2, 0) is 10.5 Å². The first-order chi connectivity index (χ1) is 14.0. The summed E-state index contributed by atoms with van der Waals surface area (Å²) < 4.78 is 14.5. The molecule has 0 saturated carbocycles. The molecule has 0 aliphatic rings. The molecule has 10 heteroatoms. The van der Waals surface area contributed by atoms with Crippen molar-refractivity contribution in [1.29, 1.82) is 0 Å². The van der Waals surface area contributed by atoms with Crippen LogP contribution in [0.1, 0.15) is 18.1 Å². The van der Waals surface area contributed by atoms with E-state index in [1.54, 1.807) is 30.8 Å². The molecule has 29 heavy (non-hydrogen) atoms. The van der Waals surface area contributed by atoms with Crippen LogP contribution in [0, 0.1) is 5.82 Å². The minimum absolute atomic E-state index is 0.177. The van der Waals surface area contributed by atoms with Crippen molar-refractivity contribution >= 4 is 58.1 Å². The summed E-state index contributed by atoms with van der Waals surface area (Å²) in [5.74, 6) is 0.386. The zero-order valence-electron chi connectivity index (χ0n) is 15.3. The Kier molecular flexibility index (Phi) is 8.05. The molecule has 3 aromatic rings. The molecule has 0 bridgehead atoms. The van der Waals surface area contributed by atoms with Gasteiger partial charge in [-0.05, 0) is 42.3 Å². The van der Waals surface area contributed by atoms with Gasteiger partial charge in [-0.3, -0.25) is 4.79 Å². The van der Waals surface area contributed by atoms with Gasteiger partial charge in [-0.15, -0.1) is 10.2 Å². The highest BCUT2D eigenvalue weighted by Gasteiger charge is 2.09. The number of nitrogens with zero attached hydrogens (tertiary/aromatic N) is 3. The summed E-state index contributed by atoms with van der Waals surface area (Å²) in [5, 5.41) is 13.0. The molecule has 150 valence electrons. The van der Waals surface area contributed by atoms with Gasteiger partial charge in [-0.1, -0.05) is 70.7 Å². The van der Waals surface area contributed by atoms with E-state index >= 15 is 0 Å². The molecule has 2 aromatic carbocycles. The lowest BCUT2D eigenvalue weighted by Gasteiger charge is -2.02.